The molecule has 0 N–H and O–H groups in total. The van der Waals surface area contributed by atoms with Gasteiger partial charge in [-0.25, -0.2) is 9.59 Å². The standard InChI is InChI=1S/C15H15BrO6/c1-7-13(15(18)20-4)9-5-12(10(16)6-11(9)21-7)22-8(2)14(17)19-3/h5-6,8H,1-4H3/t8-/m0/s1. The van der Waals surface area contributed by atoms with E-state index in [0.717, 1.165) is 0 Å². The first kappa shape index (κ1) is 16.4. The number of rotatable bonds is 4. The van der Waals surface area contributed by atoms with E-state index < -0.39 is 18.0 Å². The summed E-state index contributed by atoms with van der Waals surface area (Å²) in [5.74, 6) is -0.141. The van der Waals surface area contributed by atoms with E-state index in [-0.39, 0.29) is 0 Å². The number of hydrogen-bond acceptors (Lipinski definition) is 6. The Bertz CT molecular complexity index is 733. The number of carbonyl (C=O) groups excluding carboxylic acids is 2. The zero-order chi connectivity index (χ0) is 16.4. The molecule has 2 aromatic rings. The smallest absolute Gasteiger partial charge is 0.346 e. The maximum absolute atomic E-state index is 11.9. The van der Waals surface area contributed by atoms with Crippen LogP contribution in [0.1, 0.15) is 23.0 Å². The fraction of sp³-hybridized carbons (Fsp3) is 0.333. The van der Waals surface area contributed by atoms with Gasteiger partial charge in [-0.3, -0.25) is 0 Å². The van der Waals surface area contributed by atoms with E-state index in [1.54, 1.807) is 26.0 Å². The quantitative estimate of drug-likeness (QED) is 0.769. The van der Waals surface area contributed by atoms with Gasteiger partial charge in [0.15, 0.2) is 6.10 Å². The number of halogens is 1. The molecule has 0 radical (unpaired) electrons. The molecule has 0 aliphatic heterocycles. The molecular weight excluding hydrogens is 356 g/mol. The summed E-state index contributed by atoms with van der Waals surface area (Å²) in [6, 6.07) is 3.30. The van der Waals surface area contributed by atoms with Crippen molar-refractivity contribution in [3.05, 3.63) is 27.9 Å². The zero-order valence-corrected chi connectivity index (χ0v) is 14.1. The molecule has 1 heterocycles. The van der Waals surface area contributed by atoms with Crippen LogP contribution in [-0.2, 0) is 14.3 Å². The third-order valence-electron chi connectivity index (χ3n) is 3.14. The van der Waals surface area contributed by atoms with Crippen molar-refractivity contribution in [3.63, 3.8) is 0 Å². The van der Waals surface area contributed by atoms with E-state index in [1.807, 2.05) is 0 Å². The lowest BCUT2D eigenvalue weighted by atomic mass is 10.1. The summed E-state index contributed by atoms with van der Waals surface area (Å²) in [5, 5.41) is 0.555. The van der Waals surface area contributed by atoms with Crippen LogP contribution in [0.25, 0.3) is 11.0 Å². The number of furan rings is 1. The van der Waals surface area contributed by atoms with Crippen LogP contribution >= 0.6 is 15.9 Å². The highest BCUT2D eigenvalue weighted by molar-refractivity contribution is 9.10. The van der Waals surface area contributed by atoms with Crippen molar-refractivity contribution < 1.29 is 28.2 Å². The highest BCUT2D eigenvalue weighted by atomic mass is 79.9. The third kappa shape index (κ3) is 2.94. The monoisotopic (exact) mass is 370 g/mol. The average Bonchev–Trinajstić information content (AvgIpc) is 2.80. The Balaban J connectivity index is 2.50. The highest BCUT2D eigenvalue weighted by Crippen LogP contribution is 2.35. The fourth-order valence-electron chi connectivity index (χ4n) is 2.07. The van der Waals surface area contributed by atoms with Gasteiger partial charge >= 0.3 is 11.9 Å². The first-order chi connectivity index (χ1) is 10.4. The Morgan fingerprint density at radius 3 is 2.50 bits per heavy atom. The molecule has 1 aromatic carbocycles. The van der Waals surface area contributed by atoms with E-state index in [0.29, 0.717) is 32.5 Å². The SMILES string of the molecule is COC(=O)c1c(C)oc2cc(Br)c(O[C@@H](C)C(=O)OC)cc12. The molecule has 0 aliphatic carbocycles. The summed E-state index contributed by atoms with van der Waals surface area (Å²) in [4.78, 5) is 23.3. The summed E-state index contributed by atoms with van der Waals surface area (Å²) < 4.78 is 21.1. The van der Waals surface area contributed by atoms with Crippen molar-refractivity contribution in [2.75, 3.05) is 14.2 Å². The lowest BCUT2D eigenvalue weighted by molar-refractivity contribution is -0.147. The molecule has 6 nitrogen and oxygen atoms in total. The van der Waals surface area contributed by atoms with E-state index in [2.05, 4.69) is 20.7 Å². The first-order valence-electron chi connectivity index (χ1n) is 6.44. The number of aryl methyl sites for hydroxylation is 1. The molecular formula is C15H15BrO6. The molecule has 0 saturated carbocycles. The number of hydrogen-bond donors (Lipinski definition) is 0. The van der Waals surface area contributed by atoms with Gasteiger partial charge in [-0.1, -0.05) is 0 Å². The van der Waals surface area contributed by atoms with Gasteiger partial charge < -0.3 is 18.6 Å². The van der Waals surface area contributed by atoms with Gasteiger partial charge in [0.05, 0.1) is 18.7 Å². The van der Waals surface area contributed by atoms with Gasteiger partial charge in [-0.2, -0.15) is 0 Å². The number of esters is 2. The molecule has 0 saturated heterocycles. The van der Waals surface area contributed by atoms with Crippen LogP contribution in [0.5, 0.6) is 5.75 Å². The van der Waals surface area contributed by atoms with Crippen LogP contribution in [0.4, 0.5) is 0 Å². The van der Waals surface area contributed by atoms with Gasteiger partial charge in [-0.15, -0.1) is 0 Å². The number of carbonyl (C=O) groups is 2. The van der Waals surface area contributed by atoms with Crippen LogP contribution in [0.2, 0.25) is 0 Å². The first-order valence-corrected chi connectivity index (χ1v) is 7.23. The highest BCUT2D eigenvalue weighted by Gasteiger charge is 2.22. The Kier molecular flexibility index (Phi) is 4.75. The third-order valence-corrected chi connectivity index (χ3v) is 3.76. The summed E-state index contributed by atoms with van der Waals surface area (Å²) in [6.45, 7) is 3.25. The molecule has 0 spiro atoms. The van der Waals surface area contributed by atoms with Crippen molar-refractivity contribution in [2.45, 2.75) is 20.0 Å². The summed E-state index contributed by atoms with van der Waals surface area (Å²) in [7, 11) is 2.59. The fourth-order valence-corrected chi connectivity index (χ4v) is 2.49. The van der Waals surface area contributed by atoms with Gasteiger partial charge in [-0.05, 0) is 41.9 Å². The lowest BCUT2D eigenvalue weighted by Gasteiger charge is -2.13. The lowest BCUT2D eigenvalue weighted by Crippen LogP contribution is -2.25. The second-order valence-corrected chi connectivity index (χ2v) is 5.44. The minimum atomic E-state index is -0.784. The van der Waals surface area contributed by atoms with Crippen molar-refractivity contribution in [2.24, 2.45) is 0 Å². The number of methoxy groups -OCH3 is 2. The Hall–Kier alpha value is -2.02. The molecule has 1 atom stereocenters. The van der Waals surface area contributed by atoms with Crippen molar-refractivity contribution in [3.8, 4) is 5.75 Å². The van der Waals surface area contributed by atoms with Crippen LogP contribution in [0, 0.1) is 6.92 Å². The molecule has 22 heavy (non-hydrogen) atoms. The molecule has 118 valence electrons. The summed E-state index contributed by atoms with van der Waals surface area (Å²) in [5.41, 5.74) is 0.850. The Labute approximate surface area is 135 Å². The number of ether oxygens (including phenoxy) is 3. The summed E-state index contributed by atoms with van der Waals surface area (Å²) in [6.07, 6.45) is -0.784. The molecule has 2 rings (SSSR count). The van der Waals surface area contributed by atoms with E-state index in [9.17, 15) is 9.59 Å². The second-order valence-electron chi connectivity index (χ2n) is 4.59. The molecule has 1 aromatic heterocycles. The van der Waals surface area contributed by atoms with Gasteiger partial charge in [0.1, 0.15) is 22.7 Å². The maximum atomic E-state index is 11.9. The van der Waals surface area contributed by atoms with Gasteiger partial charge in [0.25, 0.3) is 0 Å². The number of benzene rings is 1. The molecule has 0 unspecified atom stereocenters. The molecule has 0 amide bonds. The largest absolute Gasteiger partial charge is 0.478 e. The maximum Gasteiger partial charge on any atom is 0.346 e. The predicted molar refractivity (Wildman–Crippen MR) is 82.1 cm³/mol. The minimum Gasteiger partial charge on any atom is -0.478 e. The topological polar surface area (TPSA) is 75.0 Å². The van der Waals surface area contributed by atoms with E-state index in [4.69, 9.17) is 13.9 Å². The molecule has 7 heteroatoms. The molecule has 0 fully saturated rings. The van der Waals surface area contributed by atoms with Crippen molar-refractivity contribution in [1.82, 2.24) is 0 Å². The van der Waals surface area contributed by atoms with Crippen molar-refractivity contribution in [1.29, 1.82) is 0 Å². The zero-order valence-electron chi connectivity index (χ0n) is 12.6. The van der Waals surface area contributed by atoms with Crippen LogP contribution in [-0.4, -0.2) is 32.3 Å². The predicted octanol–water partition coefficient (Wildman–Crippen LogP) is 3.23. The number of fused-ring (bicyclic) bond motifs is 1. The van der Waals surface area contributed by atoms with Gasteiger partial charge in [0, 0.05) is 5.39 Å². The average molecular weight is 371 g/mol. The van der Waals surface area contributed by atoms with E-state index >= 15 is 0 Å². The minimum absolute atomic E-state index is 0.334. The van der Waals surface area contributed by atoms with Crippen LogP contribution in [0.15, 0.2) is 21.0 Å². The normalized spacial score (nSPS) is 12.0. The summed E-state index contributed by atoms with van der Waals surface area (Å²) >= 11 is 3.35. The molecule has 0 aliphatic rings. The van der Waals surface area contributed by atoms with Crippen molar-refractivity contribution >= 4 is 38.8 Å². The van der Waals surface area contributed by atoms with E-state index in [1.165, 1.54) is 14.2 Å². The molecule has 0 bridgehead atoms. The van der Waals surface area contributed by atoms with Crippen LogP contribution < -0.4 is 4.74 Å². The Morgan fingerprint density at radius 1 is 1.23 bits per heavy atom. The Morgan fingerprint density at radius 2 is 1.91 bits per heavy atom. The van der Waals surface area contributed by atoms with Crippen LogP contribution in [0.3, 0.4) is 0 Å². The van der Waals surface area contributed by atoms with Gasteiger partial charge in [0.2, 0.25) is 0 Å². The second kappa shape index (κ2) is 6.39.